The van der Waals surface area contributed by atoms with Crippen LogP contribution < -0.4 is 0 Å². The minimum Gasteiger partial charge on any atom is -0.390 e. The van der Waals surface area contributed by atoms with Crippen LogP contribution in [0.2, 0.25) is 0 Å². The van der Waals surface area contributed by atoms with Crippen LogP contribution in [0.1, 0.15) is 112 Å². The SMILES string of the molecule is CC[C@]1(O)CCC[C@@]2(C)C(=CC[C@H]3[C@@H]4CC[C@H]([C@H](C)CC[C@](C)(O)C(F)(F)F)[C@@]4(C)CC[C@@H]32)C1. The van der Waals surface area contributed by atoms with Crippen molar-refractivity contribution >= 4 is 0 Å². The summed E-state index contributed by atoms with van der Waals surface area (Å²) in [4.78, 5) is 0. The number of allylic oxidation sites excluding steroid dienone is 1. The Hall–Kier alpha value is -0.550. The summed E-state index contributed by atoms with van der Waals surface area (Å²) >= 11 is 0. The molecule has 0 aromatic heterocycles. The van der Waals surface area contributed by atoms with E-state index in [2.05, 4.69) is 33.8 Å². The number of hydrogen-bond acceptors (Lipinski definition) is 2. The molecule has 196 valence electrons. The molecular formula is C29H47F3O2. The Labute approximate surface area is 204 Å². The van der Waals surface area contributed by atoms with Crippen LogP contribution in [0, 0.1) is 40.4 Å². The van der Waals surface area contributed by atoms with Gasteiger partial charge in [-0.1, -0.05) is 39.3 Å². The zero-order valence-electron chi connectivity index (χ0n) is 22.0. The Morgan fingerprint density at radius 1 is 1.09 bits per heavy atom. The summed E-state index contributed by atoms with van der Waals surface area (Å²) in [5.41, 5.74) is -1.29. The molecule has 34 heavy (non-hydrogen) atoms. The summed E-state index contributed by atoms with van der Waals surface area (Å²) in [6, 6.07) is 0. The van der Waals surface area contributed by atoms with Crippen molar-refractivity contribution in [2.75, 3.05) is 0 Å². The third kappa shape index (κ3) is 4.29. The highest BCUT2D eigenvalue weighted by Crippen LogP contribution is 2.67. The highest BCUT2D eigenvalue weighted by Gasteiger charge is 2.59. The summed E-state index contributed by atoms with van der Waals surface area (Å²) < 4.78 is 39.6. The third-order valence-electron chi connectivity index (χ3n) is 11.6. The van der Waals surface area contributed by atoms with E-state index in [1.165, 1.54) is 18.4 Å². The van der Waals surface area contributed by atoms with Gasteiger partial charge in [0.25, 0.3) is 0 Å². The first-order chi connectivity index (χ1) is 15.7. The normalized spacial score (nSPS) is 45.3. The van der Waals surface area contributed by atoms with Gasteiger partial charge in [0, 0.05) is 0 Å². The largest absolute Gasteiger partial charge is 0.416 e. The molecule has 9 atom stereocenters. The minimum absolute atomic E-state index is 0.180. The van der Waals surface area contributed by atoms with Crippen LogP contribution in [0.25, 0.3) is 0 Å². The van der Waals surface area contributed by atoms with Crippen molar-refractivity contribution in [2.45, 2.75) is 129 Å². The molecule has 0 bridgehead atoms. The predicted octanol–water partition coefficient (Wildman–Crippen LogP) is 7.83. The van der Waals surface area contributed by atoms with Crippen LogP contribution in [0.5, 0.6) is 0 Å². The molecule has 0 aliphatic heterocycles. The number of hydrogen-bond donors (Lipinski definition) is 2. The molecule has 4 rings (SSSR count). The number of aliphatic hydroxyl groups is 2. The topological polar surface area (TPSA) is 40.5 Å². The zero-order valence-corrected chi connectivity index (χ0v) is 22.0. The smallest absolute Gasteiger partial charge is 0.390 e. The average Bonchev–Trinajstić information content (AvgIpc) is 3.03. The van der Waals surface area contributed by atoms with E-state index in [1.807, 2.05) is 0 Å². The van der Waals surface area contributed by atoms with E-state index in [0.717, 1.165) is 58.3 Å². The van der Waals surface area contributed by atoms with Gasteiger partial charge in [0.05, 0.1) is 5.60 Å². The summed E-state index contributed by atoms with van der Waals surface area (Å²) in [5, 5.41) is 21.1. The van der Waals surface area contributed by atoms with Gasteiger partial charge in [-0.05, 0) is 124 Å². The van der Waals surface area contributed by atoms with Crippen LogP contribution in [-0.2, 0) is 0 Å². The molecule has 4 aliphatic rings. The summed E-state index contributed by atoms with van der Waals surface area (Å²) in [5.74, 6) is 2.55. The molecule has 3 fully saturated rings. The predicted molar refractivity (Wildman–Crippen MR) is 130 cm³/mol. The lowest BCUT2D eigenvalue weighted by molar-refractivity contribution is -0.256. The van der Waals surface area contributed by atoms with E-state index in [0.29, 0.717) is 30.1 Å². The Balaban J connectivity index is 1.51. The fraction of sp³-hybridized carbons (Fsp3) is 0.931. The summed E-state index contributed by atoms with van der Waals surface area (Å²) in [6.07, 6.45) is 8.63. The molecule has 5 heteroatoms. The van der Waals surface area contributed by atoms with Crippen LogP contribution in [0.15, 0.2) is 11.6 Å². The Morgan fingerprint density at radius 3 is 2.44 bits per heavy atom. The monoisotopic (exact) mass is 484 g/mol. The van der Waals surface area contributed by atoms with Crippen molar-refractivity contribution in [3.63, 3.8) is 0 Å². The highest BCUT2D eigenvalue weighted by atomic mass is 19.4. The van der Waals surface area contributed by atoms with Gasteiger partial charge in [0.15, 0.2) is 5.60 Å². The van der Waals surface area contributed by atoms with E-state index in [9.17, 15) is 23.4 Å². The zero-order chi connectivity index (χ0) is 25.2. The molecule has 0 aromatic rings. The van der Waals surface area contributed by atoms with Crippen LogP contribution >= 0.6 is 0 Å². The molecule has 0 saturated heterocycles. The molecule has 0 radical (unpaired) electrons. The van der Waals surface area contributed by atoms with Crippen molar-refractivity contribution in [3.05, 3.63) is 11.6 Å². The summed E-state index contributed by atoms with van der Waals surface area (Å²) in [6.45, 7) is 10.0. The van der Waals surface area contributed by atoms with Crippen LogP contribution in [-0.4, -0.2) is 27.6 Å². The number of halogens is 3. The second kappa shape index (κ2) is 8.78. The van der Waals surface area contributed by atoms with E-state index in [4.69, 9.17) is 0 Å². The lowest BCUT2D eigenvalue weighted by Crippen LogP contribution is -2.49. The molecule has 2 nitrogen and oxygen atoms in total. The lowest BCUT2D eigenvalue weighted by Gasteiger charge is -2.57. The van der Waals surface area contributed by atoms with Gasteiger partial charge in [-0.15, -0.1) is 0 Å². The quantitative estimate of drug-likeness (QED) is 0.390. The maximum Gasteiger partial charge on any atom is 0.416 e. The maximum atomic E-state index is 13.2. The van der Waals surface area contributed by atoms with Gasteiger partial charge >= 0.3 is 6.18 Å². The van der Waals surface area contributed by atoms with Gasteiger partial charge in [-0.25, -0.2) is 0 Å². The fourth-order valence-corrected chi connectivity index (χ4v) is 9.13. The van der Waals surface area contributed by atoms with Crippen molar-refractivity contribution in [1.29, 1.82) is 0 Å². The highest BCUT2D eigenvalue weighted by molar-refractivity contribution is 5.25. The first-order valence-electron chi connectivity index (χ1n) is 13.9. The molecule has 0 amide bonds. The fourth-order valence-electron chi connectivity index (χ4n) is 9.13. The van der Waals surface area contributed by atoms with E-state index >= 15 is 0 Å². The number of alkyl halides is 3. The first kappa shape index (κ1) is 26.5. The number of fused-ring (bicyclic) bond motifs is 5. The molecule has 0 spiro atoms. The van der Waals surface area contributed by atoms with Crippen molar-refractivity contribution in [1.82, 2.24) is 0 Å². The summed E-state index contributed by atoms with van der Waals surface area (Å²) in [7, 11) is 0. The third-order valence-corrected chi connectivity index (χ3v) is 11.6. The first-order valence-corrected chi connectivity index (χ1v) is 13.9. The van der Waals surface area contributed by atoms with Crippen molar-refractivity contribution in [2.24, 2.45) is 40.4 Å². The van der Waals surface area contributed by atoms with Gasteiger partial charge in [0.2, 0.25) is 0 Å². The molecule has 0 aromatic carbocycles. The maximum absolute atomic E-state index is 13.2. The molecule has 3 saturated carbocycles. The Bertz CT molecular complexity index is 789. The van der Waals surface area contributed by atoms with E-state index in [-0.39, 0.29) is 23.2 Å². The van der Waals surface area contributed by atoms with E-state index < -0.39 is 17.4 Å². The van der Waals surface area contributed by atoms with Crippen LogP contribution in [0.4, 0.5) is 13.2 Å². The Kier molecular flexibility index (Phi) is 6.85. The Morgan fingerprint density at radius 2 is 1.79 bits per heavy atom. The van der Waals surface area contributed by atoms with Gasteiger partial charge in [-0.2, -0.15) is 13.2 Å². The van der Waals surface area contributed by atoms with Gasteiger partial charge in [-0.3, -0.25) is 0 Å². The van der Waals surface area contributed by atoms with Gasteiger partial charge < -0.3 is 10.2 Å². The second-order valence-corrected chi connectivity index (χ2v) is 13.4. The molecule has 0 unspecified atom stereocenters. The van der Waals surface area contributed by atoms with Crippen molar-refractivity contribution < 1.29 is 23.4 Å². The van der Waals surface area contributed by atoms with Gasteiger partial charge in [0.1, 0.15) is 0 Å². The molecule has 2 N–H and O–H groups in total. The lowest BCUT2D eigenvalue weighted by atomic mass is 9.48. The van der Waals surface area contributed by atoms with Crippen LogP contribution in [0.3, 0.4) is 0 Å². The number of rotatable bonds is 5. The molecular weight excluding hydrogens is 437 g/mol. The minimum atomic E-state index is -4.57. The van der Waals surface area contributed by atoms with E-state index in [1.54, 1.807) is 0 Å². The standard InChI is InChI=1S/C29H47F3O2/c1-6-28(34)15-7-14-25(3)20(18-28)8-9-21-23-11-10-22(26(23,4)16-13-24(21)25)19(2)12-17-27(5,33)29(30,31)32/h8,19,21-24,33-34H,6-7,9-18H2,1-5H3/t19-,21+,22-,23+,24+,25+,26-,27+,28+/m1/s1. The average molecular weight is 485 g/mol. The molecule has 4 aliphatic carbocycles. The van der Waals surface area contributed by atoms with Crippen molar-refractivity contribution in [3.8, 4) is 0 Å². The second-order valence-electron chi connectivity index (χ2n) is 13.4. The molecule has 0 heterocycles.